The summed E-state index contributed by atoms with van der Waals surface area (Å²) in [7, 11) is 0. The van der Waals surface area contributed by atoms with Crippen LogP contribution in [0.4, 0.5) is 0 Å². The molecule has 5 heteroatoms. The molecule has 284 valence electrons. The first kappa shape index (κ1) is 34.3. The Bertz CT molecular complexity index is 3580. The van der Waals surface area contributed by atoms with Gasteiger partial charge in [-0.1, -0.05) is 140 Å². The van der Waals surface area contributed by atoms with E-state index in [4.69, 9.17) is 14.4 Å². The first-order valence-corrected chi connectivity index (χ1v) is 20.6. The van der Waals surface area contributed by atoms with Gasteiger partial charge in [0, 0.05) is 43.6 Å². The number of benzene rings is 8. The quantitative estimate of drug-likeness (QED) is 0.176. The van der Waals surface area contributed by atoms with E-state index >= 15 is 0 Å². The fraction of sp³-hybridized carbons (Fsp3) is 0.0545. The zero-order valence-corrected chi connectivity index (χ0v) is 33.0. The van der Waals surface area contributed by atoms with Crippen molar-refractivity contribution in [3.05, 3.63) is 205 Å². The van der Waals surface area contributed by atoms with Gasteiger partial charge in [0.1, 0.15) is 11.2 Å². The number of aliphatic imine (C=N–C) groups is 2. The number of nitrogens with zero attached hydrogens (tertiary/aromatic N) is 4. The van der Waals surface area contributed by atoms with Gasteiger partial charge >= 0.3 is 0 Å². The Labute approximate surface area is 346 Å². The lowest BCUT2D eigenvalue weighted by Gasteiger charge is -2.18. The van der Waals surface area contributed by atoms with Gasteiger partial charge in [0.25, 0.3) is 0 Å². The largest absolute Gasteiger partial charge is 0.456 e. The third-order valence-corrected chi connectivity index (χ3v) is 12.2. The summed E-state index contributed by atoms with van der Waals surface area (Å²) >= 11 is 0. The molecule has 1 aliphatic heterocycles. The number of allylic oxidation sites excluding steroid dienone is 1. The van der Waals surface area contributed by atoms with E-state index in [0.29, 0.717) is 5.96 Å². The maximum Gasteiger partial charge on any atom is 0.235 e. The molecule has 0 aliphatic carbocycles. The zero-order chi connectivity index (χ0) is 39.7. The Morgan fingerprint density at radius 3 is 1.60 bits per heavy atom. The van der Waals surface area contributed by atoms with Gasteiger partial charge in [-0.05, 0) is 90.6 Å². The van der Waals surface area contributed by atoms with Crippen LogP contribution in [-0.2, 0) is 0 Å². The van der Waals surface area contributed by atoms with Crippen molar-refractivity contribution in [3.63, 3.8) is 0 Å². The van der Waals surface area contributed by atoms with E-state index in [-0.39, 0.29) is 0 Å². The van der Waals surface area contributed by atoms with Gasteiger partial charge in [0.15, 0.2) is 0 Å². The van der Waals surface area contributed by atoms with E-state index in [0.717, 1.165) is 101 Å². The number of fused-ring (bicyclic) bond motifs is 10. The molecule has 0 atom stereocenters. The Hall–Kier alpha value is -7.76. The molecule has 0 radical (unpaired) electrons. The van der Waals surface area contributed by atoms with Crippen LogP contribution in [0.3, 0.4) is 0 Å². The second-order valence-corrected chi connectivity index (χ2v) is 15.8. The molecule has 0 N–H and O–H groups in total. The summed E-state index contributed by atoms with van der Waals surface area (Å²) in [6, 6.07) is 66.7. The van der Waals surface area contributed by atoms with E-state index < -0.39 is 0 Å². The smallest absolute Gasteiger partial charge is 0.235 e. The molecular formula is C55H38N4O. The fourth-order valence-corrected chi connectivity index (χ4v) is 9.36. The summed E-state index contributed by atoms with van der Waals surface area (Å²) in [5.74, 6) is 0.628. The van der Waals surface area contributed by atoms with Crippen molar-refractivity contribution in [1.29, 1.82) is 0 Å². The lowest BCUT2D eigenvalue weighted by atomic mass is 9.98. The summed E-state index contributed by atoms with van der Waals surface area (Å²) in [5, 5.41) is 6.89. The number of furan rings is 1. The molecule has 0 unspecified atom stereocenters. The van der Waals surface area contributed by atoms with Crippen LogP contribution in [0, 0.1) is 0 Å². The third-order valence-electron chi connectivity index (χ3n) is 12.2. The lowest BCUT2D eigenvalue weighted by molar-refractivity contribution is 0.669. The monoisotopic (exact) mass is 770 g/mol. The van der Waals surface area contributed by atoms with Gasteiger partial charge in [-0.15, -0.1) is 0 Å². The van der Waals surface area contributed by atoms with E-state index in [1.54, 1.807) is 0 Å². The number of aromatic nitrogens is 2. The maximum absolute atomic E-state index is 6.64. The van der Waals surface area contributed by atoms with Crippen molar-refractivity contribution < 1.29 is 4.42 Å². The third kappa shape index (κ3) is 5.40. The summed E-state index contributed by atoms with van der Waals surface area (Å²) in [6.07, 6.45) is 1.56. The van der Waals surface area contributed by atoms with Crippen molar-refractivity contribution >= 4 is 82.9 Å². The zero-order valence-electron chi connectivity index (χ0n) is 33.0. The van der Waals surface area contributed by atoms with Crippen LogP contribution in [0.5, 0.6) is 0 Å². The Balaban J connectivity index is 1.14. The predicted octanol–water partition coefficient (Wildman–Crippen LogP) is 14.4. The van der Waals surface area contributed by atoms with Gasteiger partial charge in [-0.2, -0.15) is 0 Å². The van der Waals surface area contributed by atoms with Crippen LogP contribution in [0.15, 0.2) is 208 Å². The number of hydrogen-bond donors (Lipinski definition) is 0. The van der Waals surface area contributed by atoms with E-state index in [1.165, 1.54) is 21.9 Å². The number of para-hydroxylation sites is 3. The second kappa shape index (κ2) is 13.7. The van der Waals surface area contributed by atoms with E-state index in [9.17, 15) is 0 Å². The molecule has 0 amide bonds. The lowest BCUT2D eigenvalue weighted by Crippen LogP contribution is -2.16. The van der Waals surface area contributed by atoms with Gasteiger partial charge < -0.3 is 8.98 Å². The minimum Gasteiger partial charge on any atom is -0.456 e. The SMILES string of the molecule is C/C1=C(c2ccccc2)/N=C(n2c3ccccc3c3ccc4c5ccccc5n(-c5ccccc5)c4c32)\N=C(\c2ccc3c(c2)oc2cc(-c4ccccc4)ccc23)CC1. The first-order valence-electron chi connectivity index (χ1n) is 20.6. The topological polar surface area (TPSA) is 47.7 Å². The molecular weight excluding hydrogens is 733 g/mol. The van der Waals surface area contributed by atoms with E-state index in [1.807, 2.05) is 6.07 Å². The molecule has 5 nitrogen and oxygen atoms in total. The average molecular weight is 771 g/mol. The van der Waals surface area contributed by atoms with Crippen LogP contribution < -0.4 is 0 Å². The standard InChI is InChI=1S/C55H38N4O/c1-35-25-32-47(39-27-29-44-43-28-26-38(36-15-5-2-6-16-36)33-50(43)60-51(44)34-39)56-55(57-52(35)37-17-7-3-8-18-37)59-49-24-14-12-22-42(49)46-31-30-45-41-21-11-13-23-48(41)58(53(45)54(46)59)40-19-9-4-10-20-40/h2-24,26-31,33-34H,25,32H2,1H3/b52-35-,56-47+,57-55+. The summed E-state index contributed by atoms with van der Waals surface area (Å²) in [5.41, 5.74) is 14.8. The van der Waals surface area contributed by atoms with Gasteiger partial charge in [-0.25, -0.2) is 9.98 Å². The fourth-order valence-electron chi connectivity index (χ4n) is 9.36. The van der Waals surface area contributed by atoms with Crippen LogP contribution in [-0.4, -0.2) is 20.8 Å². The first-order chi connectivity index (χ1) is 29.7. The molecule has 0 fully saturated rings. The number of hydrogen-bond acceptors (Lipinski definition) is 3. The maximum atomic E-state index is 6.64. The van der Waals surface area contributed by atoms with Crippen molar-refractivity contribution in [1.82, 2.24) is 9.13 Å². The molecule has 0 saturated heterocycles. The molecule has 60 heavy (non-hydrogen) atoms. The Kier molecular flexibility index (Phi) is 7.82. The Morgan fingerprint density at radius 2 is 0.933 bits per heavy atom. The van der Waals surface area contributed by atoms with Crippen LogP contribution in [0.1, 0.15) is 30.9 Å². The molecule has 0 spiro atoms. The second-order valence-electron chi connectivity index (χ2n) is 15.8. The molecule has 3 aromatic heterocycles. The summed E-state index contributed by atoms with van der Waals surface area (Å²) in [4.78, 5) is 11.3. The van der Waals surface area contributed by atoms with Gasteiger partial charge in [-0.3, -0.25) is 4.57 Å². The summed E-state index contributed by atoms with van der Waals surface area (Å²) in [6.45, 7) is 2.22. The van der Waals surface area contributed by atoms with Crippen molar-refractivity contribution in [2.75, 3.05) is 0 Å². The minimum atomic E-state index is 0.628. The molecule has 0 bridgehead atoms. The van der Waals surface area contributed by atoms with Gasteiger partial charge in [0.2, 0.25) is 5.96 Å². The van der Waals surface area contributed by atoms with Crippen LogP contribution in [0.25, 0.3) is 88.1 Å². The molecule has 0 saturated carbocycles. The van der Waals surface area contributed by atoms with E-state index in [2.05, 4.69) is 198 Å². The predicted molar refractivity (Wildman–Crippen MR) is 251 cm³/mol. The molecule has 11 aromatic rings. The van der Waals surface area contributed by atoms with Crippen LogP contribution >= 0.6 is 0 Å². The highest BCUT2D eigenvalue weighted by Crippen LogP contribution is 2.41. The highest BCUT2D eigenvalue weighted by Gasteiger charge is 2.25. The van der Waals surface area contributed by atoms with Crippen molar-refractivity contribution in [2.24, 2.45) is 9.98 Å². The molecule has 12 rings (SSSR count). The highest BCUT2D eigenvalue weighted by molar-refractivity contribution is 6.27. The van der Waals surface area contributed by atoms with Crippen molar-refractivity contribution in [2.45, 2.75) is 19.8 Å². The Morgan fingerprint density at radius 1 is 0.417 bits per heavy atom. The molecule has 4 heterocycles. The average Bonchev–Trinajstić information content (AvgIpc) is 3.96. The van der Waals surface area contributed by atoms with Crippen molar-refractivity contribution in [3.8, 4) is 16.8 Å². The number of rotatable bonds is 4. The van der Waals surface area contributed by atoms with Crippen LogP contribution in [0.2, 0.25) is 0 Å². The summed E-state index contributed by atoms with van der Waals surface area (Å²) < 4.78 is 11.4. The minimum absolute atomic E-state index is 0.628. The van der Waals surface area contributed by atoms with Gasteiger partial charge in [0.05, 0.1) is 33.5 Å². The molecule has 8 aromatic carbocycles. The molecule has 1 aliphatic rings. The highest BCUT2D eigenvalue weighted by atomic mass is 16.3. The normalized spacial score (nSPS) is 16.7.